The van der Waals surface area contributed by atoms with Crippen LogP contribution in [0, 0.1) is 13.8 Å². The van der Waals surface area contributed by atoms with Crippen LogP contribution in [0.25, 0.3) is 0 Å². The van der Waals surface area contributed by atoms with Crippen LogP contribution in [0.15, 0.2) is 38.7 Å². The van der Waals surface area contributed by atoms with Crippen molar-refractivity contribution in [1.82, 2.24) is 9.97 Å². The second-order valence-corrected chi connectivity index (χ2v) is 6.00. The molecule has 1 aromatic heterocycles. The first-order chi connectivity index (χ1) is 9.11. The molecule has 0 atom stereocenters. The van der Waals surface area contributed by atoms with Crippen molar-refractivity contribution in [3.05, 3.63) is 40.1 Å². The summed E-state index contributed by atoms with van der Waals surface area (Å²) in [5, 5.41) is 4.28. The number of halogens is 1. The summed E-state index contributed by atoms with van der Waals surface area (Å²) in [5.74, 6) is 1.71. The third-order valence-corrected chi connectivity index (χ3v) is 4.72. The van der Waals surface area contributed by atoms with Gasteiger partial charge in [0.15, 0.2) is 0 Å². The maximum Gasteiger partial charge on any atom is 0.133 e. The molecule has 1 heterocycles. The molecule has 0 unspecified atom stereocenters. The van der Waals surface area contributed by atoms with E-state index in [-0.39, 0.29) is 0 Å². The van der Waals surface area contributed by atoms with Crippen molar-refractivity contribution in [2.45, 2.75) is 30.7 Å². The van der Waals surface area contributed by atoms with Crippen LogP contribution in [0.3, 0.4) is 0 Å². The van der Waals surface area contributed by atoms with Crippen LogP contribution in [0.5, 0.6) is 0 Å². The van der Waals surface area contributed by atoms with Crippen molar-refractivity contribution in [3.8, 4) is 0 Å². The summed E-state index contributed by atoms with van der Waals surface area (Å²) in [6.07, 6.45) is 0. The van der Waals surface area contributed by atoms with Gasteiger partial charge in [-0.25, -0.2) is 9.97 Å². The Bertz CT molecular complexity index is 587. The molecular weight excluding hydrogens is 322 g/mol. The van der Waals surface area contributed by atoms with Gasteiger partial charge in [-0.05, 0) is 48.8 Å². The molecule has 100 valence electrons. The molecule has 0 saturated carbocycles. The number of aryl methyl sites for hydroxylation is 1. The van der Waals surface area contributed by atoms with E-state index in [1.807, 2.05) is 25.1 Å². The normalized spacial score (nSPS) is 10.5. The zero-order valence-electron chi connectivity index (χ0n) is 11.2. The lowest BCUT2D eigenvalue weighted by Gasteiger charge is -2.12. The predicted molar refractivity (Wildman–Crippen MR) is 83.9 cm³/mol. The molecule has 5 heteroatoms. The molecular formula is C14H16BrN3S. The van der Waals surface area contributed by atoms with Crippen molar-refractivity contribution < 1.29 is 0 Å². The van der Waals surface area contributed by atoms with E-state index >= 15 is 0 Å². The minimum Gasteiger partial charge on any atom is -0.370 e. The molecule has 1 aromatic carbocycles. The van der Waals surface area contributed by atoms with Gasteiger partial charge in [-0.2, -0.15) is 0 Å². The van der Waals surface area contributed by atoms with Gasteiger partial charge >= 0.3 is 0 Å². The summed E-state index contributed by atoms with van der Waals surface area (Å²) in [7, 11) is 0. The fourth-order valence-corrected chi connectivity index (χ4v) is 3.15. The maximum atomic E-state index is 4.54. The van der Waals surface area contributed by atoms with Gasteiger partial charge in [0.2, 0.25) is 0 Å². The number of hydrogen-bond donors (Lipinski definition) is 1. The molecule has 0 aliphatic heterocycles. The molecule has 19 heavy (non-hydrogen) atoms. The van der Waals surface area contributed by atoms with Gasteiger partial charge in [0, 0.05) is 21.5 Å². The van der Waals surface area contributed by atoms with Gasteiger partial charge in [-0.15, -0.1) is 0 Å². The monoisotopic (exact) mass is 337 g/mol. The van der Waals surface area contributed by atoms with Crippen LogP contribution in [0.2, 0.25) is 0 Å². The molecule has 0 aliphatic rings. The molecule has 0 spiro atoms. The Hall–Kier alpha value is -1.07. The Morgan fingerprint density at radius 3 is 2.63 bits per heavy atom. The first-order valence-electron chi connectivity index (χ1n) is 6.13. The van der Waals surface area contributed by atoms with Crippen molar-refractivity contribution in [3.63, 3.8) is 0 Å². The number of aromatic nitrogens is 2. The lowest BCUT2D eigenvalue weighted by Crippen LogP contribution is -2.05. The quantitative estimate of drug-likeness (QED) is 0.837. The molecule has 1 N–H and O–H groups in total. The van der Waals surface area contributed by atoms with Crippen molar-refractivity contribution >= 4 is 33.5 Å². The highest BCUT2D eigenvalue weighted by atomic mass is 79.9. The third-order valence-electron chi connectivity index (χ3n) is 2.60. The maximum absolute atomic E-state index is 4.54. The van der Waals surface area contributed by atoms with Crippen LogP contribution in [0.1, 0.15) is 18.3 Å². The molecule has 0 fully saturated rings. The molecule has 0 bridgehead atoms. The largest absolute Gasteiger partial charge is 0.370 e. The van der Waals surface area contributed by atoms with Crippen molar-refractivity contribution in [2.75, 3.05) is 11.9 Å². The Labute approximate surface area is 126 Å². The second kappa shape index (κ2) is 6.39. The lowest BCUT2D eigenvalue weighted by atomic mass is 10.3. The first-order valence-corrected chi connectivity index (χ1v) is 7.74. The van der Waals surface area contributed by atoms with Crippen molar-refractivity contribution in [2.24, 2.45) is 0 Å². The van der Waals surface area contributed by atoms with Crippen LogP contribution in [0.4, 0.5) is 5.82 Å². The molecule has 0 aliphatic carbocycles. The van der Waals surface area contributed by atoms with Crippen LogP contribution in [-0.2, 0) is 0 Å². The van der Waals surface area contributed by atoms with E-state index in [0.29, 0.717) is 0 Å². The molecule has 2 rings (SSSR count). The van der Waals surface area contributed by atoms with Gasteiger partial charge in [-0.3, -0.25) is 0 Å². The van der Waals surface area contributed by atoms with Gasteiger partial charge < -0.3 is 5.32 Å². The number of nitrogens with zero attached hydrogens (tertiary/aromatic N) is 2. The standard InChI is InChI=1S/C14H16BrN3S/c1-4-16-13-9(2)14(18-10(3)17-13)19-12-8-6-5-7-11(12)15/h5-8H,4H2,1-3H3,(H,16,17,18). The van der Waals surface area contributed by atoms with E-state index in [1.54, 1.807) is 11.8 Å². The van der Waals surface area contributed by atoms with Gasteiger partial charge in [0.1, 0.15) is 16.7 Å². The Kier molecular flexibility index (Phi) is 4.82. The van der Waals surface area contributed by atoms with Crippen molar-refractivity contribution in [1.29, 1.82) is 0 Å². The fraction of sp³-hybridized carbons (Fsp3) is 0.286. The van der Waals surface area contributed by atoms with Crippen LogP contribution in [-0.4, -0.2) is 16.5 Å². The summed E-state index contributed by atoms with van der Waals surface area (Å²) < 4.78 is 1.08. The number of benzene rings is 1. The highest BCUT2D eigenvalue weighted by Crippen LogP contribution is 2.35. The fourth-order valence-electron chi connectivity index (χ4n) is 1.67. The topological polar surface area (TPSA) is 37.8 Å². The van der Waals surface area contributed by atoms with E-state index < -0.39 is 0 Å². The summed E-state index contributed by atoms with van der Waals surface area (Å²) in [4.78, 5) is 10.1. The van der Waals surface area contributed by atoms with Gasteiger partial charge in [0.05, 0.1) is 0 Å². The number of anilines is 1. The van der Waals surface area contributed by atoms with Crippen LogP contribution >= 0.6 is 27.7 Å². The summed E-state index contributed by atoms with van der Waals surface area (Å²) in [6, 6.07) is 8.16. The predicted octanol–water partition coefficient (Wildman–Crippen LogP) is 4.44. The van der Waals surface area contributed by atoms with E-state index in [4.69, 9.17) is 0 Å². The zero-order chi connectivity index (χ0) is 13.8. The summed E-state index contributed by atoms with van der Waals surface area (Å²) in [5.41, 5.74) is 1.09. The molecule has 0 saturated heterocycles. The Morgan fingerprint density at radius 2 is 1.95 bits per heavy atom. The molecule has 3 nitrogen and oxygen atoms in total. The van der Waals surface area contributed by atoms with E-state index in [2.05, 4.69) is 51.1 Å². The Morgan fingerprint density at radius 1 is 1.21 bits per heavy atom. The van der Waals surface area contributed by atoms with Gasteiger partial charge in [0.25, 0.3) is 0 Å². The van der Waals surface area contributed by atoms with E-state index in [1.165, 1.54) is 0 Å². The first kappa shape index (κ1) is 14.3. The summed E-state index contributed by atoms with van der Waals surface area (Å²) >= 11 is 5.22. The molecule has 0 amide bonds. The number of hydrogen-bond acceptors (Lipinski definition) is 4. The average Bonchev–Trinajstić information content (AvgIpc) is 2.38. The highest BCUT2D eigenvalue weighted by Gasteiger charge is 2.11. The lowest BCUT2D eigenvalue weighted by molar-refractivity contribution is 0.932. The second-order valence-electron chi connectivity index (χ2n) is 4.11. The smallest absolute Gasteiger partial charge is 0.133 e. The molecule has 2 aromatic rings. The third kappa shape index (κ3) is 3.48. The average molecular weight is 338 g/mol. The number of nitrogens with one attached hydrogen (secondary N) is 1. The van der Waals surface area contributed by atoms with Crippen LogP contribution < -0.4 is 5.32 Å². The number of rotatable bonds is 4. The van der Waals surface area contributed by atoms with E-state index in [9.17, 15) is 0 Å². The van der Waals surface area contributed by atoms with E-state index in [0.717, 1.165) is 38.1 Å². The minimum absolute atomic E-state index is 0.788. The molecule has 0 radical (unpaired) electrons. The van der Waals surface area contributed by atoms with Gasteiger partial charge in [-0.1, -0.05) is 23.9 Å². The highest BCUT2D eigenvalue weighted by molar-refractivity contribution is 9.10. The SMILES string of the molecule is CCNc1nc(C)nc(Sc2ccccc2Br)c1C. The zero-order valence-corrected chi connectivity index (χ0v) is 13.6. The summed E-state index contributed by atoms with van der Waals surface area (Å²) in [6.45, 7) is 6.90. The Balaban J connectivity index is 2.37. The minimum atomic E-state index is 0.788.